The number of nitrogens with one attached hydrogen (secondary N) is 1. The first-order valence-corrected chi connectivity index (χ1v) is 6.27. The van der Waals surface area contributed by atoms with Crippen LogP contribution in [0.4, 0.5) is 8.78 Å². The molecule has 2 rings (SSSR count). The van der Waals surface area contributed by atoms with E-state index in [0.717, 1.165) is 17.7 Å². The third kappa shape index (κ3) is 3.83. The molecular weight excluding hydrogens is 246 g/mol. The van der Waals surface area contributed by atoms with Crippen molar-refractivity contribution in [3.8, 4) is 0 Å². The standard InChI is InChI=1S/C15H16F2N2/c1-2-19-15(12-8-14(17)10-18-9-12)7-11-4-3-5-13(16)6-11/h3-6,8-10,15,19H,2,7H2,1H3. The summed E-state index contributed by atoms with van der Waals surface area (Å²) in [6.45, 7) is 2.72. The van der Waals surface area contributed by atoms with E-state index in [-0.39, 0.29) is 17.7 Å². The fourth-order valence-corrected chi connectivity index (χ4v) is 2.07. The van der Waals surface area contributed by atoms with Crippen molar-refractivity contribution in [1.29, 1.82) is 0 Å². The first-order chi connectivity index (χ1) is 9.19. The van der Waals surface area contributed by atoms with E-state index in [1.54, 1.807) is 12.3 Å². The van der Waals surface area contributed by atoms with Gasteiger partial charge in [-0.25, -0.2) is 8.78 Å². The molecule has 1 atom stereocenters. The van der Waals surface area contributed by atoms with Gasteiger partial charge >= 0.3 is 0 Å². The predicted molar refractivity (Wildman–Crippen MR) is 70.7 cm³/mol. The minimum atomic E-state index is -0.361. The molecular formula is C15H16F2N2. The second-order valence-electron chi connectivity index (χ2n) is 4.38. The molecule has 0 saturated carbocycles. The molecule has 0 aliphatic carbocycles. The molecule has 100 valence electrons. The highest BCUT2D eigenvalue weighted by molar-refractivity contribution is 5.22. The van der Waals surface area contributed by atoms with Gasteiger partial charge in [0.05, 0.1) is 6.20 Å². The van der Waals surface area contributed by atoms with Crippen LogP contribution in [0.15, 0.2) is 42.7 Å². The molecule has 0 fully saturated rings. The normalized spacial score (nSPS) is 12.4. The van der Waals surface area contributed by atoms with Gasteiger partial charge in [-0.15, -0.1) is 0 Å². The average Bonchev–Trinajstić information content (AvgIpc) is 2.38. The number of halogens is 2. The van der Waals surface area contributed by atoms with Crippen molar-refractivity contribution in [2.75, 3.05) is 6.54 Å². The molecule has 0 aliphatic heterocycles. The smallest absolute Gasteiger partial charge is 0.141 e. The molecule has 0 amide bonds. The molecule has 1 aromatic carbocycles. The van der Waals surface area contributed by atoms with Gasteiger partial charge in [-0.1, -0.05) is 19.1 Å². The Bertz CT molecular complexity index is 543. The van der Waals surface area contributed by atoms with Crippen LogP contribution in [0.1, 0.15) is 24.1 Å². The Morgan fingerprint density at radius 3 is 2.68 bits per heavy atom. The van der Waals surface area contributed by atoms with Crippen molar-refractivity contribution in [2.45, 2.75) is 19.4 Å². The summed E-state index contributed by atoms with van der Waals surface area (Å²) in [4.78, 5) is 3.86. The quantitative estimate of drug-likeness (QED) is 0.894. The first-order valence-electron chi connectivity index (χ1n) is 6.27. The van der Waals surface area contributed by atoms with Crippen LogP contribution in [0.5, 0.6) is 0 Å². The lowest BCUT2D eigenvalue weighted by Gasteiger charge is -2.18. The summed E-state index contributed by atoms with van der Waals surface area (Å²) >= 11 is 0. The lowest BCUT2D eigenvalue weighted by Crippen LogP contribution is -2.23. The van der Waals surface area contributed by atoms with Crippen molar-refractivity contribution in [3.63, 3.8) is 0 Å². The number of pyridine rings is 1. The molecule has 4 heteroatoms. The molecule has 0 bridgehead atoms. The Morgan fingerprint density at radius 1 is 1.16 bits per heavy atom. The lowest BCUT2D eigenvalue weighted by atomic mass is 10.00. The number of likely N-dealkylation sites (N-methyl/N-ethyl adjacent to an activating group) is 1. The summed E-state index contributed by atoms with van der Waals surface area (Å²) in [5, 5.41) is 3.26. The van der Waals surface area contributed by atoms with Crippen LogP contribution < -0.4 is 5.32 Å². The summed E-state index contributed by atoms with van der Waals surface area (Å²) in [6.07, 6.45) is 3.40. The molecule has 1 unspecified atom stereocenters. The van der Waals surface area contributed by atoms with E-state index < -0.39 is 0 Å². The van der Waals surface area contributed by atoms with Gasteiger partial charge in [0.25, 0.3) is 0 Å². The summed E-state index contributed by atoms with van der Waals surface area (Å²) in [7, 11) is 0. The highest BCUT2D eigenvalue weighted by atomic mass is 19.1. The molecule has 19 heavy (non-hydrogen) atoms. The fourth-order valence-electron chi connectivity index (χ4n) is 2.07. The highest BCUT2D eigenvalue weighted by Crippen LogP contribution is 2.19. The van der Waals surface area contributed by atoms with E-state index in [9.17, 15) is 8.78 Å². The van der Waals surface area contributed by atoms with E-state index in [2.05, 4.69) is 10.3 Å². The number of hydrogen-bond donors (Lipinski definition) is 1. The SMILES string of the molecule is CCNC(Cc1cccc(F)c1)c1cncc(F)c1. The van der Waals surface area contributed by atoms with Crippen LogP contribution in [-0.4, -0.2) is 11.5 Å². The van der Waals surface area contributed by atoms with E-state index in [0.29, 0.717) is 6.42 Å². The minimum Gasteiger partial charge on any atom is -0.310 e. The second kappa shape index (κ2) is 6.38. The van der Waals surface area contributed by atoms with E-state index in [1.807, 2.05) is 13.0 Å². The van der Waals surface area contributed by atoms with Crippen LogP contribution >= 0.6 is 0 Å². The van der Waals surface area contributed by atoms with Gasteiger partial charge in [-0.2, -0.15) is 0 Å². The lowest BCUT2D eigenvalue weighted by molar-refractivity contribution is 0.537. The number of rotatable bonds is 5. The molecule has 0 radical (unpaired) electrons. The molecule has 0 saturated heterocycles. The van der Waals surface area contributed by atoms with Gasteiger partial charge in [0, 0.05) is 12.2 Å². The van der Waals surface area contributed by atoms with Crippen molar-refractivity contribution >= 4 is 0 Å². The molecule has 0 spiro atoms. The van der Waals surface area contributed by atoms with E-state index in [1.165, 1.54) is 24.4 Å². The second-order valence-corrected chi connectivity index (χ2v) is 4.38. The molecule has 1 N–H and O–H groups in total. The Hall–Kier alpha value is -1.81. The Morgan fingerprint density at radius 2 is 2.00 bits per heavy atom. The maximum atomic E-state index is 13.2. The van der Waals surface area contributed by atoms with E-state index >= 15 is 0 Å². The van der Waals surface area contributed by atoms with Crippen molar-refractivity contribution in [3.05, 3.63) is 65.5 Å². The third-order valence-corrected chi connectivity index (χ3v) is 2.91. The fraction of sp³-hybridized carbons (Fsp3) is 0.267. The Balaban J connectivity index is 2.21. The molecule has 0 aliphatic rings. The monoisotopic (exact) mass is 262 g/mol. The molecule has 2 nitrogen and oxygen atoms in total. The molecule has 1 aromatic heterocycles. The maximum absolute atomic E-state index is 13.2. The van der Waals surface area contributed by atoms with Crippen LogP contribution in [0.2, 0.25) is 0 Å². The van der Waals surface area contributed by atoms with Crippen LogP contribution in [0.25, 0.3) is 0 Å². The average molecular weight is 262 g/mol. The van der Waals surface area contributed by atoms with Gasteiger partial charge in [-0.3, -0.25) is 4.98 Å². The topological polar surface area (TPSA) is 24.9 Å². The summed E-state index contributed by atoms with van der Waals surface area (Å²) in [5.74, 6) is -0.621. The summed E-state index contributed by atoms with van der Waals surface area (Å²) in [6, 6.07) is 7.83. The van der Waals surface area contributed by atoms with Crippen molar-refractivity contribution in [2.24, 2.45) is 0 Å². The highest BCUT2D eigenvalue weighted by Gasteiger charge is 2.12. The van der Waals surface area contributed by atoms with Crippen LogP contribution in [-0.2, 0) is 6.42 Å². The van der Waals surface area contributed by atoms with Gasteiger partial charge in [0.2, 0.25) is 0 Å². The largest absolute Gasteiger partial charge is 0.310 e. The number of nitrogens with zero attached hydrogens (tertiary/aromatic N) is 1. The minimum absolute atomic E-state index is 0.0741. The van der Waals surface area contributed by atoms with Gasteiger partial charge in [0.1, 0.15) is 11.6 Å². The van der Waals surface area contributed by atoms with Crippen molar-refractivity contribution < 1.29 is 8.78 Å². The first kappa shape index (κ1) is 13.6. The Labute approximate surface area is 111 Å². The van der Waals surface area contributed by atoms with Crippen molar-refractivity contribution in [1.82, 2.24) is 10.3 Å². The zero-order valence-electron chi connectivity index (χ0n) is 10.7. The maximum Gasteiger partial charge on any atom is 0.141 e. The van der Waals surface area contributed by atoms with Crippen LogP contribution in [0, 0.1) is 11.6 Å². The van der Waals surface area contributed by atoms with Gasteiger partial charge in [-0.05, 0) is 42.3 Å². The molecule has 1 heterocycles. The number of benzene rings is 1. The summed E-state index contributed by atoms with van der Waals surface area (Å²) in [5.41, 5.74) is 1.64. The van der Waals surface area contributed by atoms with E-state index in [4.69, 9.17) is 0 Å². The number of hydrogen-bond acceptors (Lipinski definition) is 2. The number of aromatic nitrogens is 1. The van der Waals surface area contributed by atoms with Gasteiger partial charge in [0.15, 0.2) is 0 Å². The zero-order chi connectivity index (χ0) is 13.7. The zero-order valence-corrected chi connectivity index (χ0v) is 10.7. The van der Waals surface area contributed by atoms with Crippen LogP contribution in [0.3, 0.4) is 0 Å². The summed E-state index contributed by atoms with van der Waals surface area (Å²) < 4.78 is 26.4. The Kier molecular flexibility index (Phi) is 4.58. The predicted octanol–water partition coefficient (Wildman–Crippen LogP) is 3.25. The van der Waals surface area contributed by atoms with Gasteiger partial charge < -0.3 is 5.32 Å². The third-order valence-electron chi connectivity index (χ3n) is 2.91. The molecule has 2 aromatic rings.